The van der Waals surface area contributed by atoms with Crippen LogP contribution >= 0.6 is 22.6 Å². The first-order valence-electron chi connectivity index (χ1n) is 9.65. The van der Waals surface area contributed by atoms with E-state index >= 15 is 0 Å². The van der Waals surface area contributed by atoms with Crippen molar-refractivity contribution in [3.05, 3.63) is 38.0 Å². The summed E-state index contributed by atoms with van der Waals surface area (Å²) in [6.45, 7) is 1.57. The molecule has 1 aliphatic heterocycles. The molecule has 9 heteroatoms. The Hall–Kier alpha value is -1.14. The molecule has 0 amide bonds. The maximum absolute atomic E-state index is 12.3. The van der Waals surface area contributed by atoms with E-state index in [1.165, 1.54) is 14.2 Å². The molecular weight excluding hydrogens is 523 g/mol. The highest BCUT2D eigenvalue weighted by atomic mass is 127. The monoisotopic (exact) mass is 552 g/mol. The minimum Gasteiger partial charge on any atom is -0.504 e. The highest BCUT2D eigenvalue weighted by Gasteiger charge is 2.40. The number of halogens is 1. The van der Waals surface area contributed by atoms with Crippen molar-refractivity contribution in [3.8, 4) is 11.5 Å². The van der Waals surface area contributed by atoms with Gasteiger partial charge in [-0.3, -0.25) is 0 Å². The number of aromatic hydroxyl groups is 1. The number of ether oxygens (including phenoxy) is 2. The molecule has 3 N–H and O–H groups in total. The Morgan fingerprint density at radius 1 is 1.37 bits per heavy atom. The van der Waals surface area contributed by atoms with Gasteiger partial charge in [0.1, 0.15) is 5.25 Å². The topological polar surface area (TPSA) is 113 Å². The lowest BCUT2D eigenvalue weighted by Gasteiger charge is -2.19. The molecule has 0 aromatic heterocycles. The van der Waals surface area contributed by atoms with Crippen LogP contribution in [0.2, 0.25) is 0 Å². The van der Waals surface area contributed by atoms with E-state index in [1.807, 2.05) is 41.7 Å². The fourth-order valence-corrected chi connectivity index (χ4v) is 6.21. The third kappa shape index (κ3) is 5.76. The summed E-state index contributed by atoms with van der Waals surface area (Å²) in [6.07, 6.45) is 2.64. The number of hydrogen-bond acceptors (Lipinski definition) is 7. The molecular formula is C21H29IO7S. The zero-order valence-corrected chi connectivity index (χ0v) is 20.4. The first-order valence-corrected chi connectivity index (χ1v) is 12.4. The van der Waals surface area contributed by atoms with E-state index in [0.29, 0.717) is 33.3 Å². The lowest BCUT2D eigenvalue weighted by atomic mass is 9.94. The molecule has 1 heterocycles. The molecule has 0 aliphatic carbocycles. The van der Waals surface area contributed by atoms with Crippen LogP contribution in [0.4, 0.5) is 0 Å². The summed E-state index contributed by atoms with van der Waals surface area (Å²) in [6, 6.07) is 3.59. The van der Waals surface area contributed by atoms with Gasteiger partial charge in [-0.15, -0.1) is 0 Å². The predicted molar refractivity (Wildman–Crippen MR) is 124 cm³/mol. The molecule has 0 fully saturated rings. The molecule has 2 rings (SSSR count). The fraction of sp³-hybridized carbons (Fsp3) is 0.524. The van der Waals surface area contributed by atoms with Gasteiger partial charge < -0.3 is 24.8 Å². The number of sulfone groups is 1. The Morgan fingerprint density at radius 2 is 2.07 bits per heavy atom. The van der Waals surface area contributed by atoms with E-state index in [2.05, 4.69) is 0 Å². The Labute approximate surface area is 191 Å². The number of aliphatic hydroxyl groups excluding tert-OH is 2. The van der Waals surface area contributed by atoms with Crippen LogP contribution in [0.25, 0.3) is 6.08 Å². The number of benzene rings is 1. The van der Waals surface area contributed by atoms with Crippen LogP contribution in [0.5, 0.6) is 11.5 Å². The van der Waals surface area contributed by atoms with E-state index in [-0.39, 0.29) is 18.1 Å². The molecule has 0 unspecified atom stereocenters. The summed E-state index contributed by atoms with van der Waals surface area (Å²) in [5.41, 5.74) is 2.84. The third-order valence-corrected chi connectivity index (χ3v) is 8.09. The van der Waals surface area contributed by atoms with E-state index in [4.69, 9.17) is 9.47 Å². The van der Waals surface area contributed by atoms with Crippen molar-refractivity contribution in [1.82, 2.24) is 0 Å². The Balaban J connectivity index is 2.22. The van der Waals surface area contributed by atoms with Gasteiger partial charge >= 0.3 is 0 Å². The number of aliphatic hydroxyl groups is 2. The van der Waals surface area contributed by atoms with Gasteiger partial charge in [-0.2, -0.15) is 0 Å². The Kier molecular flexibility index (Phi) is 9.16. The minimum atomic E-state index is -3.53. The third-order valence-electron chi connectivity index (χ3n) is 5.24. The lowest BCUT2D eigenvalue weighted by Crippen LogP contribution is -2.29. The van der Waals surface area contributed by atoms with Crippen molar-refractivity contribution in [2.75, 3.05) is 33.2 Å². The fourth-order valence-electron chi connectivity index (χ4n) is 3.71. The number of phenolic OH excluding ortho intramolecular Hbond substituents is 1. The van der Waals surface area contributed by atoms with Crippen LogP contribution in [0.1, 0.15) is 31.7 Å². The maximum atomic E-state index is 12.3. The van der Waals surface area contributed by atoms with Crippen molar-refractivity contribution in [1.29, 1.82) is 0 Å². The molecule has 0 spiro atoms. The van der Waals surface area contributed by atoms with E-state index in [9.17, 15) is 23.7 Å². The van der Waals surface area contributed by atoms with Crippen molar-refractivity contribution in [2.24, 2.45) is 0 Å². The zero-order valence-electron chi connectivity index (χ0n) is 17.4. The van der Waals surface area contributed by atoms with E-state index in [1.54, 1.807) is 6.07 Å². The average Bonchev–Trinajstić information content (AvgIpc) is 2.96. The molecule has 0 saturated carbocycles. The van der Waals surface area contributed by atoms with Gasteiger partial charge in [-0.05, 0) is 70.7 Å². The van der Waals surface area contributed by atoms with E-state index in [0.717, 1.165) is 17.6 Å². The summed E-state index contributed by atoms with van der Waals surface area (Å²) < 4.78 is 35.6. The van der Waals surface area contributed by atoms with Crippen LogP contribution in [0.3, 0.4) is 0 Å². The van der Waals surface area contributed by atoms with Gasteiger partial charge in [0.05, 0.1) is 35.8 Å². The standard InChI is InChI=1S/C21H29IO7S/c1-4-13(7-14-8-16(22)21(25)18(9-14)29-3)5-6-17(24)20-15(11-28-2)12-30(26,27)19(20)10-23/h7-9,17,19,23-25H,4-6,10-12H2,1-3H3/b13-7+/t17-,19+/m1/s1. The first kappa shape index (κ1) is 25.1. The Morgan fingerprint density at radius 3 is 2.63 bits per heavy atom. The van der Waals surface area contributed by atoms with Crippen LogP contribution in [-0.4, -0.2) is 68.3 Å². The minimum absolute atomic E-state index is 0.0961. The number of rotatable bonds is 10. The molecule has 7 nitrogen and oxygen atoms in total. The molecule has 30 heavy (non-hydrogen) atoms. The largest absolute Gasteiger partial charge is 0.504 e. The van der Waals surface area contributed by atoms with Crippen molar-refractivity contribution >= 4 is 38.5 Å². The van der Waals surface area contributed by atoms with Gasteiger partial charge in [-0.25, -0.2) is 8.42 Å². The summed E-state index contributed by atoms with van der Waals surface area (Å²) in [7, 11) is -0.561. The summed E-state index contributed by atoms with van der Waals surface area (Å²) >= 11 is 2.04. The Bertz CT molecular complexity index is 922. The molecule has 0 saturated heterocycles. The van der Waals surface area contributed by atoms with Crippen LogP contribution < -0.4 is 4.74 Å². The lowest BCUT2D eigenvalue weighted by molar-refractivity contribution is 0.182. The SMILES string of the molecule is CC/C(=C\c1cc(I)c(O)c(OC)c1)CC[C@@H](O)C1=C(COC)CS(=O)(=O)[C@H]1CO. The second-order valence-corrected chi connectivity index (χ2v) is 10.6. The number of allylic oxidation sites excluding steroid dienone is 1. The van der Waals surface area contributed by atoms with Gasteiger partial charge in [0.25, 0.3) is 0 Å². The van der Waals surface area contributed by atoms with Gasteiger partial charge in [0.2, 0.25) is 0 Å². The summed E-state index contributed by atoms with van der Waals surface area (Å²) in [5.74, 6) is 0.291. The van der Waals surface area contributed by atoms with Gasteiger partial charge in [0.15, 0.2) is 21.3 Å². The van der Waals surface area contributed by atoms with Crippen molar-refractivity contribution in [2.45, 2.75) is 37.5 Å². The van der Waals surface area contributed by atoms with Crippen LogP contribution in [0, 0.1) is 3.57 Å². The normalized spacial score (nSPS) is 19.9. The molecule has 168 valence electrons. The molecule has 0 radical (unpaired) electrons. The summed E-state index contributed by atoms with van der Waals surface area (Å²) in [4.78, 5) is 0. The molecule has 1 aliphatic rings. The molecule has 0 bridgehead atoms. The number of phenols is 1. The average molecular weight is 552 g/mol. The summed E-state index contributed by atoms with van der Waals surface area (Å²) in [5, 5.41) is 29.3. The zero-order chi connectivity index (χ0) is 22.5. The van der Waals surface area contributed by atoms with Gasteiger partial charge in [-0.1, -0.05) is 18.6 Å². The van der Waals surface area contributed by atoms with Crippen LogP contribution in [0.15, 0.2) is 28.9 Å². The number of hydrogen-bond donors (Lipinski definition) is 3. The maximum Gasteiger partial charge on any atom is 0.171 e. The van der Waals surface area contributed by atoms with E-state index < -0.39 is 27.8 Å². The van der Waals surface area contributed by atoms with Crippen molar-refractivity contribution < 1.29 is 33.2 Å². The smallest absolute Gasteiger partial charge is 0.171 e. The van der Waals surface area contributed by atoms with Crippen LogP contribution in [-0.2, 0) is 14.6 Å². The van der Waals surface area contributed by atoms with Gasteiger partial charge in [0, 0.05) is 7.11 Å². The second kappa shape index (κ2) is 10.9. The molecule has 1 aromatic rings. The molecule has 1 aromatic carbocycles. The second-order valence-electron chi connectivity index (χ2n) is 7.23. The highest BCUT2D eigenvalue weighted by molar-refractivity contribution is 14.1. The highest BCUT2D eigenvalue weighted by Crippen LogP contribution is 2.35. The number of methoxy groups -OCH3 is 2. The first-order chi connectivity index (χ1) is 14.2. The molecule has 2 atom stereocenters. The van der Waals surface area contributed by atoms with Crippen molar-refractivity contribution in [3.63, 3.8) is 0 Å². The predicted octanol–water partition coefficient (Wildman–Crippen LogP) is 2.67. The quantitative estimate of drug-likeness (QED) is 0.302.